The van der Waals surface area contributed by atoms with E-state index in [1.165, 1.54) is 0 Å². The van der Waals surface area contributed by atoms with Gasteiger partial charge in [0.05, 0.1) is 12.2 Å². The quantitative estimate of drug-likeness (QED) is 0.783. The topological polar surface area (TPSA) is 63.1 Å². The number of hydrogen-bond donors (Lipinski definition) is 1. The lowest BCUT2D eigenvalue weighted by Crippen LogP contribution is -2.22. The number of carbonyl (C=O) groups excluding carboxylic acids is 1. The van der Waals surface area contributed by atoms with E-state index >= 15 is 0 Å². The zero-order chi connectivity index (χ0) is 17.1. The summed E-state index contributed by atoms with van der Waals surface area (Å²) in [6.45, 7) is 3.47. The monoisotopic (exact) mass is 353 g/mol. The molecule has 7 heteroatoms. The maximum Gasteiger partial charge on any atom is 0.276 e. The standard InChI is InChI=1S/C18H19N5OS/c24-18(20-14-5-2-1-3-6-14)16-11-15-12-22(8-4-9-23(15)21-16)13-17-19-7-10-25-17/h1-3,5-7,10-11H,4,8-9,12-13H2,(H,20,24). The van der Waals surface area contributed by atoms with Crippen LogP contribution in [-0.2, 0) is 19.6 Å². The number of carbonyl (C=O) groups is 1. The van der Waals surface area contributed by atoms with Crippen molar-refractivity contribution in [2.24, 2.45) is 0 Å². The average molecular weight is 353 g/mol. The third-order valence-corrected chi connectivity index (χ3v) is 4.96. The van der Waals surface area contributed by atoms with Gasteiger partial charge in [-0.05, 0) is 24.6 Å². The molecule has 25 heavy (non-hydrogen) atoms. The van der Waals surface area contributed by atoms with E-state index in [1.54, 1.807) is 11.3 Å². The van der Waals surface area contributed by atoms with Gasteiger partial charge in [0.1, 0.15) is 5.01 Å². The van der Waals surface area contributed by atoms with Crippen LogP contribution in [0.5, 0.6) is 0 Å². The van der Waals surface area contributed by atoms with Gasteiger partial charge < -0.3 is 5.32 Å². The fourth-order valence-electron chi connectivity index (χ4n) is 3.01. The van der Waals surface area contributed by atoms with Crippen LogP contribution in [0.4, 0.5) is 5.69 Å². The SMILES string of the molecule is O=C(Nc1ccccc1)c1cc2n(n1)CCCN(Cc1nccs1)C2. The molecule has 2 aromatic heterocycles. The summed E-state index contributed by atoms with van der Waals surface area (Å²) in [4.78, 5) is 19.2. The molecule has 1 aromatic carbocycles. The molecule has 0 unspecified atom stereocenters. The number of thiazole rings is 1. The lowest BCUT2D eigenvalue weighted by Gasteiger charge is -2.17. The molecule has 4 rings (SSSR count). The van der Waals surface area contributed by atoms with Gasteiger partial charge in [0.25, 0.3) is 5.91 Å². The maximum atomic E-state index is 12.4. The molecule has 0 saturated heterocycles. The van der Waals surface area contributed by atoms with Crippen LogP contribution in [-0.4, -0.2) is 32.1 Å². The van der Waals surface area contributed by atoms with Crippen molar-refractivity contribution in [3.63, 3.8) is 0 Å². The normalized spacial score (nSPS) is 14.7. The molecule has 0 radical (unpaired) electrons. The van der Waals surface area contributed by atoms with Crippen molar-refractivity contribution in [3.8, 4) is 0 Å². The highest BCUT2D eigenvalue weighted by atomic mass is 32.1. The molecule has 0 spiro atoms. The number of aromatic nitrogens is 3. The smallest absolute Gasteiger partial charge is 0.276 e. The number of fused-ring (bicyclic) bond motifs is 1. The van der Waals surface area contributed by atoms with Crippen LogP contribution in [0.15, 0.2) is 48.0 Å². The zero-order valence-corrected chi connectivity index (χ0v) is 14.6. The van der Waals surface area contributed by atoms with Gasteiger partial charge in [-0.25, -0.2) is 4.98 Å². The van der Waals surface area contributed by atoms with Crippen molar-refractivity contribution in [1.82, 2.24) is 19.7 Å². The second-order valence-corrected chi connectivity index (χ2v) is 7.03. The summed E-state index contributed by atoms with van der Waals surface area (Å²) >= 11 is 1.68. The van der Waals surface area contributed by atoms with Crippen molar-refractivity contribution in [3.05, 3.63) is 64.4 Å². The molecule has 1 aliphatic rings. The van der Waals surface area contributed by atoms with Crippen LogP contribution in [0.3, 0.4) is 0 Å². The number of nitrogens with one attached hydrogen (secondary N) is 1. The molecule has 1 amide bonds. The fraction of sp³-hybridized carbons (Fsp3) is 0.278. The lowest BCUT2D eigenvalue weighted by molar-refractivity contribution is 0.102. The van der Waals surface area contributed by atoms with Crippen LogP contribution in [0.1, 0.15) is 27.6 Å². The van der Waals surface area contributed by atoms with Crippen LogP contribution in [0.2, 0.25) is 0 Å². The Morgan fingerprint density at radius 3 is 2.92 bits per heavy atom. The van der Waals surface area contributed by atoms with E-state index in [9.17, 15) is 4.79 Å². The molecule has 1 N–H and O–H groups in total. The van der Waals surface area contributed by atoms with Crippen LogP contribution in [0.25, 0.3) is 0 Å². The molecule has 1 aliphatic heterocycles. The van der Waals surface area contributed by atoms with E-state index in [1.807, 2.05) is 52.7 Å². The number of hydrogen-bond acceptors (Lipinski definition) is 5. The second kappa shape index (κ2) is 7.16. The van der Waals surface area contributed by atoms with Crippen LogP contribution < -0.4 is 5.32 Å². The number of aryl methyl sites for hydroxylation is 1. The van der Waals surface area contributed by atoms with E-state index in [0.29, 0.717) is 5.69 Å². The van der Waals surface area contributed by atoms with Gasteiger partial charge in [-0.2, -0.15) is 5.10 Å². The molecule has 6 nitrogen and oxygen atoms in total. The predicted molar refractivity (Wildman–Crippen MR) is 97.5 cm³/mol. The van der Waals surface area contributed by atoms with Crippen LogP contribution in [0, 0.1) is 0 Å². The Balaban J connectivity index is 1.48. The lowest BCUT2D eigenvalue weighted by atomic mass is 10.3. The minimum Gasteiger partial charge on any atom is -0.321 e. The van der Waals surface area contributed by atoms with Gasteiger partial charge in [-0.3, -0.25) is 14.4 Å². The highest BCUT2D eigenvalue weighted by Gasteiger charge is 2.20. The van der Waals surface area contributed by atoms with Crippen molar-refractivity contribution in [2.45, 2.75) is 26.1 Å². The van der Waals surface area contributed by atoms with Gasteiger partial charge in [-0.15, -0.1) is 11.3 Å². The van der Waals surface area contributed by atoms with Gasteiger partial charge in [0.2, 0.25) is 0 Å². The largest absolute Gasteiger partial charge is 0.321 e. The van der Waals surface area contributed by atoms with Crippen molar-refractivity contribution in [2.75, 3.05) is 11.9 Å². The van der Waals surface area contributed by atoms with E-state index in [2.05, 4.69) is 20.3 Å². The molecule has 0 atom stereocenters. The third kappa shape index (κ3) is 3.78. The maximum absolute atomic E-state index is 12.4. The molecule has 3 heterocycles. The van der Waals surface area contributed by atoms with Crippen molar-refractivity contribution in [1.29, 1.82) is 0 Å². The molecule has 0 saturated carbocycles. The Kier molecular flexibility index (Phi) is 4.58. The summed E-state index contributed by atoms with van der Waals surface area (Å²) in [6.07, 6.45) is 2.86. The van der Waals surface area contributed by atoms with Gasteiger partial charge >= 0.3 is 0 Å². The number of anilines is 1. The molecular weight excluding hydrogens is 334 g/mol. The fourth-order valence-corrected chi connectivity index (χ4v) is 3.67. The molecule has 0 bridgehead atoms. The molecule has 128 valence electrons. The van der Waals surface area contributed by atoms with Crippen molar-refractivity contribution < 1.29 is 4.79 Å². The number of amides is 1. The number of para-hydroxylation sites is 1. The van der Waals surface area contributed by atoms with E-state index in [0.717, 1.165) is 49.0 Å². The first-order chi connectivity index (χ1) is 12.3. The first kappa shape index (κ1) is 16.0. The first-order valence-corrected chi connectivity index (χ1v) is 9.20. The van der Waals surface area contributed by atoms with Crippen LogP contribution >= 0.6 is 11.3 Å². The Labute approximate surface area is 150 Å². The zero-order valence-electron chi connectivity index (χ0n) is 13.8. The Hall–Kier alpha value is -2.51. The van der Waals surface area contributed by atoms with E-state index in [4.69, 9.17) is 0 Å². The Morgan fingerprint density at radius 1 is 1.24 bits per heavy atom. The molecule has 3 aromatic rings. The van der Waals surface area contributed by atoms with Gasteiger partial charge in [0.15, 0.2) is 5.69 Å². The highest BCUT2D eigenvalue weighted by Crippen LogP contribution is 2.18. The first-order valence-electron chi connectivity index (χ1n) is 8.32. The van der Waals surface area contributed by atoms with E-state index < -0.39 is 0 Å². The number of nitrogens with zero attached hydrogens (tertiary/aromatic N) is 4. The summed E-state index contributed by atoms with van der Waals surface area (Å²) in [6, 6.07) is 11.4. The third-order valence-electron chi connectivity index (χ3n) is 4.20. The molecule has 0 fully saturated rings. The molecule has 0 aliphatic carbocycles. The molecular formula is C18H19N5OS. The Morgan fingerprint density at radius 2 is 2.12 bits per heavy atom. The van der Waals surface area contributed by atoms with Crippen molar-refractivity contribution >= 4 is 22.9 Å². The summed E-state index contributed by atoms with van der Waals surface area (Å²) < 4.78 is 1.96. The summed E-state index contributed by atoms with van der Waals surface area (Å²) in [5, 5.41) is 10.5. The minimum atomic E-state index is -0.168. The van der Waals surface area contributed by atoms with Gasteiger partial charge in [-0.1, -0.05) is 18.2 Å². The van der Waals surface area contributed by atoms with E-state index in [-0.39, 0.29) is 5.91 Å². The predicted octanol–water partition coefficient (Wildman–Crippen LogP) is 3.00. The minimum absolute atomic E-state index is 0.168. The second-order valence-electron chi connectivity index (χ2n) is 6.05. The summed E-state index contributed by atoms with van der Waals surface area (Å²) in [5.74, 6) is -0.168. The number of rotatable bonds is 4. The Bertz CT molecular complexity index is 844. The summed E-state index contributed by atoms with van der Waals surface area (Å²) in [5.41, 5.74) is 2.32. The average Bonchev–Trinajstić information content (AvgIpc) is 3.22. The summed E-state index contributed by atoms with van der Waals surface area (Å²) in [7, 11) is 0. The van der Waals surface area contributed by atoms with Gasteiger partial charge in [0, 0.05) is 36.9 Å². The highest BCUT2D eigenvalue weighted by molar-refractivity contribution is 7.09. The number of benzene rings is 1.